The number of pyridine rings is 1. The SMILES string of the molecule is CCC(c1ccc(F)cn1)N1CCC(CCN)CC1. The summed E-state index contributed by atoms with van der Waals surface area (Å²) < 4.78 is 12.9. The van der Waals surface area contributed by atoms with Crippen LogP contribution < -0.4 is 5.73 Å². The predicted molar refractivity (Wildman–Crippen MR) is 75.2 cm³/mol. The molecule has 2 N–H and O–H groups in total. The highest BCUT2D eigenvalue weighted by Gasteiger charge is 2.25. The minimum Gasteiger partial charge on any atom is -0.330 e. The van der Waals surface area contributed by atoms with E-state index in [1.165, 1.54) is 25.1 Å². The van der Waals surface area contributed by atoms with Gasteiger partial charge in [-0.05, 0) is 63.4 Å². The molecule has 1 aliphatic rings. The Balaban J connectivity index is 1.97. The fourth-order valence-electron chi connectivity index (χ4n) is 3.03. The highest BCUT2D eigenvalue weighted by molar-refractivity contribution is 5.10. The first-order chi connectivity index (χ1) is 9.24. The third-order valence-corrected chi connectivity index (χ3v) is 4.14. The lowest BCUT2D eigenvalue weighted by Crippen LogP contribution is -2.37. The molecule has 106 valence electrons. The second kappa shape index (κ2) is 6.96. The van der Waals surface area contributed by atoms with Gasteiger partial charge in [-0.2, -0.15) is 0 Å². The lowest BCUT2D eigenvalue weighted by molar-refractivity contribution is 0.124. The molecule has 1 saturated heterocycles. The van der Waals surface area contributed by atoms with Crippen LogP contribution in [0.25, 0.3) is 0 Å². The first kappa shape index (κ1) is 14.4. The molecule has 0 bridgehead atoms. The lowest BCUT2D eigenvalue weighted by atomic mass is 9.92. The van der Waals surface area contributed by atoms with E-state index in [0.29, 0.717) is 6.04 Å². The Hall–Kier alpha value is -1.00. The van der Waals surface area contributed by atoms with E-state index in [9.17, 15) is 4.39 Å². The highest BCUT2D eigenvalue weighted by Crippen LogP contribution is 2.29. The van der Waals surface area contributed by atoms with Crippen LogP contribution in [0.3, 0.4) is 0 Å². The van der Waals surface area contributed by atoms with Crippen LogP contribution in [-0.4, -0.2) is 29.5 Å². The van der Waals surface area contributed by atoms with Gasteiger partial charge in [0.05, 0.1) is 17.9 Å². The van der Waals surface area contributed by atoms with Crippen LogP contribution in [0.5, 0.6) is 0 Å². The molecule has 4 heteroatoms. The fraction of sp³-hybridized carbons (Fsp3) is 0.667. The van der Waals surface area contributed by atoms with Crippen LogP contribution in [0.1, 0.15) is 44.3 Å². The summed E-state index contributed by atoms with van der Waals surface area (Å²) in [4.78, 5) is 6.72. The molecule has 1 fully saturated rings. The average molecular weight is 265 g/mol. The molecule has 1 aliphatic heterocycles. The molecule has 2 heterocycles. The Morgan fingerprint density at radius 2 is 2.16 bits per heavy atom. The maximum absolute atomic E-state index is 12.9. The van der Waals surface area contributed by atoms with Crippen molar-refractivity contribution in [2.75, 3.05) is 19.6 Å². The minimum absolute atomic E-state index is 0.264. The van der Waals surface area contributed by atoms with Gasteiger partial charge in [0, 0.05) is 0 Å². The number of hydrogen-bond donors (Lipinski definition) is 1. The summed E-state index contributed by atoms with van der Waals surface area (Å²) in [5.74, 6) is 0.514. The number of likely N-dealkylation sites (tertiary alicyclic amines) is 1. The smallest absolute Gasteiger partial charge is 0.141 e. The Morgan fingerprint density at radius 1 is 1.42 bits per heavy atom. The van der Waals surface area contributed by atoms with E-state index in [4.69, 9.17) is 5.73 Å². The number of halogens is 1. The summed E-state index contributed by atoms with van der Waals surface area (Å²) in [6.07, 6.45) is 5.91. The standard InChI is InChI=1S/C15H24FN3/c1-2-15(14-4-3-13(16)11-18-14)19-9-6-12(5-8-17)7-10-19/h3-4,11-12,15H,2,5-10,17H2,1H3. The molecule has 0 amide bonds. The maximum atomic E-state index is 12.9. The minimum atomic E-state index is -0.264. The normalized spacial score (nSPS) is 19.5. The van der Waals surface area contributed by atoms with Crippen molar-refractivity contribution < 1.29 is 4.39 Å². The number of rotatable bonds is 5. The second-order valence-corrected chi connectivity index (χ2v) is 5.38. The van der Waals surface area contributed by atoms with E-state index in [-0.39, 0.29) is 5.82 Å². The zero-order valence-electron chi connectivity index (χ0n) is 11.7. The summed E-state index contributed by atoms with van der Waals surface area (Å²) >= 11 is 0. The van der Waals surface area contributed by atoms with Crippen LogP contribution >= 0.6 is 0 Å². The lowest BCUT2D eigenvalue weighted by Gasteiger charge is -2.37. The van der Waals surface area contributed by atoms with Crippen molar-refractivity contribution in [3.63, 3.8) is 0 Å². The Labute approximate surface area is 115 Å². The van der Waals surface area contributed by atoms with E-state index < -0.39 is 0 Å². The van der Waals surface area contributed by atoms with E-state index >= 15 is 0 Å². The molecule has 1 unspecified atom stereocenters. The first-order valence-corrected chi connectivity index (χ1v) is 7.30. The van der Waals surface area contributed by atoms with Crippen molar-refractivity contribution in [2.24, 2.45) is 11.7 Å². The van der Waals surface area contributed by atoms with Gasteiger partial charge in [-0.15, -0.1) is 0 Å². The van der Waals surface area contributed by atoms with Crippen molar-refractivity contribution in [3.8, 4) is 0 Å². The molecular formula is C15H24FN3. The Morgan fingerprint density at radius 3 is 2.68 bits per heavy atom. The largest absolute Gasteiger partial charge is 0.330 e. The van der Waals surface area contributed by atoms with Gasteiger partial charge in [-0.3, -0.25) is 9.88 Å². The summed E-state index contributed by atoms with van der Waals surface area (Å²) in [5.41, 5.74) is 6.61. The first-order valence-electron chi connectivity index (χ1n) is 7.30. The van der Waals surface area contributed by atoms with E-state index in [1.54, 1.807) is 0 Å². The van der Waals surface area contributed by atoms with Crippen LogP contribution in [0, 0.1) is 11.7 Å². The van der Waals surface area contributed by atoms with E-state index in [2.05, 4.69) is 16.8 Å². The summed E-state index contributed by atoms with van der Waals surface area (Å²) in [6.45, 7) is 5.16. The quantitative estimate of drug-likeness (QED) is 0.890. The molecule has 1 atom stereocenters. The topological polar surface area (TPSA) is 42.2 Å². The molecule has 0 spiro atoms. The van der Waals surface area contributed by atoms with Crippen LogP contribution in [-0.2, 0) is 0 Å². The molecule has 1 aromatic heterocycles. The van der Waals surface area contributed by atoms with Crippen molar-refractivity contribution >= 4 is 0 Å². The summed E-state index contributed by atoms with van der Waals surface area (Å²) in [7, 11) is 0. The van der Waals surface area contributed by atoms with E-state index in [1.807, 2.05) is 6.07 Å². The molecule has 2 rings (SSSR count). The number of nitrogens with zero attached hydrogens (tertiary/aromatic N) is 2. The van der Waals surface area contributed by atoms with Gasteiger partial charge in [0.25, 0.3) is 0 Å². The van der Waals surface area contributed by atoms with Gasteiger partial charge < -0.3 is 5.73 Å². The second-order valence-electron chi connectivity index (χ2n) is 5.38. The number of nitrogens with two attached hydrogens (primary N) is 1. The Bertz CT molecular complexity index is 371. The molecule has 3 nitrogen and oxygen atoms in total. The molecule has 0 radical (unpaired) electrons. The molecule has 0 saturated carbocycles. The van der Waals surface area contributed by atoms with Gasteiger partial charge >= 0.3 is 0 Å². The molecular weight excluding hydrogens is 241 g/mol. The van der Waals surface area contributed by atoms with Crippen molar-refractivity contribution in [1.82, 2.24) is 9.88 Å². The van der Waals surface area contributed by atoms with Crippen LogP contribution in [0.2, 0.25) is 0 Å². The highest BCUT2D eigenvalue weighted by atomic mass is 19.1. The molecule has 19 heavy (non-hydrogen) atoms. The zero-order chi connectivity index (χ0) is 13.7. The van der Waals surface area contributed by atoms with Crippen LogP contribution in [0.4, 0.5) is 4.39 Å². The van der Waals surface area contributed by atoms with Gasteiger partial charge in [-0.1, -0.05) is 6.92 Å². The number of hydrogen-bond acceptors (Lipinski definition) is 3. The monoisotopic (exact) mass is 265 g/mol. The van der Waals surface area contributed by atoms with Gasteiger partial charge in [0.2, 0.25) is 0 Å². The van der Waals surface area contributed by atoms with Crippen molar-refractivity contribution in [3.05, 3.63) is 29.8 Å². The molecule has 0 aliphatic carbocycles. The third kappa shape index (κ3) is 3.74. The Kier molecular flexibility index (Phi) is 5.28. The fourth-order valence-corrected chi connectivity index (χ4v) is 3.03. The molecule has 0 aromatic carbocycles. The van der Waals surface area contributed by atoms with Crippen LogP contribution in [0.15, 0.2) is 18.3 Å². The number of piperidine rings is 1. The average Bonchev–Trinajstić information content (AvgIpc) is 2.44. The zero-order valence-corrected chi connectivity index (χ0v) is 11.7. The van der Waals surface area contributed by atoms with Gasteiger partial charge in [0.15, 0.2) is 0 Å². The number of aromatic nitrogens is 1. The third-order valence-electron chi connectivity index (χ3n) is 4.14. The van der Waals surface area contributed by atoms with Gasteiger partial charge in [0.1, 0.15) is 5.82 Å². The maximum Gasteiger partial charge on any atom is 0.141 e. The summed E-state index contributed by atoms with van der Waals surface area (Å²) in [5, 5.41) is 0. The van der Waals surface area contributed by atoms with Gasteiger partial charge in [-0.25, -0.2) is 4.39 Å². The predicted octanol–water partition coefficient (Wildman–Crippen LogP) is 2.73. The van der Waals surface area contributed by atoms with Crippen molar-refractivity contribution in [2.45, 2.75) is 38.6 Å². The van der Waals surface area contributed by atoms with E-state index in [0.717, 1.165) is 44.1 Å². The summed E-state index contributed by atoms with van der Waals surface area (Å²) in [6, 6.07) is 3.64. The molecule has 1 aromatic rings. The van der Waals surface area contributed by atoms with Crippen molar-refractivity contribution in [1.29, 1.82) is 0 Å².